The lowest BCUT2D eigenvalue weighted by atomic mass is 10.2. The fraction of sp³-hybridized carbons (Fsp3) is 0.600. The molecule has 1 fully saturated rings. The van der Waals surface area contributed by atoms with Gasteiger partial charge in [0.2, 0.25) is 5.91 Å². The van der Waals surface area contributed by atoms with E-state index in [9.17, 15) is 4.79 Å². The Morgan fingerprint density at radius 1 is 1.20 bits per heavy atom. The van der Waals surface area contributed by atoms with Crippen LogP contribution in [0.25, 0.3) is 0 Å². The first-order chi connectivity index (χ1) is 13.9. The number of rotatable bonds is 8. The van der Waals surface area contributed by atoms with Crippen molar-refractivity contribution in [1.29, 1.82) is 0 Å². The molecule has 0 aromatic heterocycles. The molecule has 1 heterocycles. The fourth-order valence-corrected chi connectivity index (χ4v) is 3.23. The second-order valence-corrected chi connectivity index (χ2v) is 8.08. The molecule has 1 aromatic carbocycles. The Bertz CT molecular complexity index is 700. The molecule has 0 spiro atoms. The van der Waals surface area contributed by atoms with Gasteiger partial charge in [0.25, 0.3) is 0 Å². The van der Waals surface area contributed by atoms with Crippen LogP contribution in [0, 0.1) is 0 Å². The van der Waals surface area contributed by atoms with Crippen molar-refractivity contribution in [3.63, 3.8) is 0 Å². The lowest BCUT2D eigenvalue weighted by molar-refractivity contribution is -0.127. The van der Waals surface area contributed by atoms with Gasteiger partial charge in [-0.15, -0.1) is 24.0 Å². The molecule has 1 amide bonds. The van der Waals surface area contributed by atoms with E-state index >= 15 is 0 Å². The third-order valence-electron chi connectivity index (χ3n) is 4.67. The maximum atomic E-state index is 12.0. The van der Waals surface area contributed by atoms with Gasteiger partial charge in [-0.1, -0.05) is 29.3 Å². The number of benzene rings is 1. The number of morpholine rings is 1. The topological polar surface area (TPSA) is 60.4 Å². The van der Waals surface area contributed by atoms with Crippen molar-refractivity contribution in [3.05, 3.63) is 33.8 Å². The zero-order valence-electron chi connectivity index (χ0n) is 17.9. The number of amides is 1. The van der Waals surface area contributed by atoms with Crippen LogP contribution < -0.4 is 5.32 Å². The fourth-order valence-electron chi connectivity index (χ4n) is 2.91. The van der Waals surface area contributed by atoms with Gasteiger partial charge in [0.15, 0.2) is 5.96 Å². The molecular formula is C20H32Cl2IN5O2. The molecule has 1 saturated heterocycles. The van der Waals surface area contributed by atoms with Crippen molar-refractivity contribution in [3.8, 4) is 0 Å². The van der Waals surface area contributed by atoms with Crippen LogP contribution in [0.15, 0.2) is 23.2 Å². The number of likely N-dealkylation sites (N-methyl/N-ethyl adjacent to an activating group) is 1. The first-order valence-electron chi connectivity index (χ1n) is 9.80. The van der Waals surface area contributed by atoms with Crippen molar-refractivity contribution in [2.75, 3.05) is 67.1 Å². The van der Waals surface area contributed by atoms with Gasteiger partial charge in [0.1, 0.15) is 6.54 Å². The normalized spacial score (nSPS) is 14.8. The van der Waals surface area contributed by atoms with E-state index in [4.69, 9.17) is 27.9 Å². The molecule has 0 bridgehead atoms. The first-order valence-corrected chi connectivity index (χ1v) is 10.6. The average Bonchev–Trinajstić information content (AvgIpc) is 2.70. The number of halogens is 3. The van der Waals surface area contributed by atoms with Crippen LogP contribution in [0.4, 0.5) is 0 Å². The van der Waals surface area contributed by atoms with Crippen LogP contribution in [0.1, 0.15) is 12.0 Å². The highest BCUT2D eigenvalue weighted by Gasteiger charge is 2.12. The summed E-state index contributed by atoms with van der Waals surface area (Å²) in [6, 6.07) is 5.57. The number of hydrogen-bond acceptors (Lipinski definition) is 4. The van der Waals surface area contributed by atoms with Crippen LogP contribution in [0.3, 0.4) is 0 Å². The van der Waals surface area contributed by atoms with Crippen molar-refractivity contribution in [2.24, 2.45) is 4.99 Å². The van der Waals surface area contributed by atoms with Crippen LogP contribution in [0.5, 0.6) is 0 Å². The van der Waals surface area contributed by atoms with Crippen molar-refractivity contribution in [2.45, 2.75) is 13.0 Å². The summed E-state index contributed by atoms with van der Waals surface area (Å²) in [5.41, 5.74) is 1.02. The highest BCUT2D eigenvalue weighted by Crippen LogP contribution is 2.23. The molecule has 30 heavy (non-hydrogen) atoms. The Hall–Kier alpha value is -0.810. The number of carbonyl (C=O) groups is 1. The predicted molar refractivity (Wildman–Crippen MR) is 134 cm³/mol. The largest absolute Gasteiger partial charge is 0.379 e. The van der Waals surface area contributed by atoms with Crippen molar-refractivity contribution >= 4 is 59.0 Å². The minimum absolute atomic E-state index is 0. The summed E-state index contributed by atoms with van der Waals surface area (Å²) in [4.78, 5) is 22.4. The number of nitrogens with zero attached hydrogens (tertiary/aromatic N) is 4. The summed E-state index contributed by atoms with van der Waals surface area (Å²) < 4.78 is 5.39. The summed E-state index contributed by atoms with van der Waals surface area (Å²) >= 11 is 12.1. The standard InChI is InChI=1S/C20H31Cl2N5O2.HI/c1-25(2)19(28)14-24-20(23-7-4-8-27-9-11-29-12-10-27)26(3)15-16-5-6-17(21)18(22)13-16;/h5-6,13H,4,7-12,14-15H2,1-3H3,(H,23,24);1H. The minimum atomic E-state index is -0.0412. The molecule has 1 aliphatic rings. The van der Waals surface area contributed by atoms with Crippen molar-refractivity contribution < 1.29 is 9.53 Å². The van der Waals surface area contributed by atoms with Gasteiger partial charge in [-0.25, -0.2) is 4.99 Å². The van der Waals surface area contributed by atoms with E-state index in [1.807, 2.05) is 24.1 Å². The molecule has 0 radical (unpaired) electrons. The highest BCUT2D eigenvalue weighted by molar-refractivity contribution is 14.0. The summed E-state index contributed by atoms with van der Waals surface area (Å²) in [5.74, 6) is 0.647. The van der Waals surface area contributed by atoms with E-state index in [0.29, 0.717) is 22.5 Å². The molecule has 170 valence electrons. The van der Waals surface area contributed by atoms with Crippen molar-refractivity contribution in [1.82, 2.24) is 20.0 Å². The zero-order valence-corrected chi connectivity index (χ0v) is 21.7. The molecule has 10 heteroatoms. The third kappa shape index (κ3) is 9.55. The van der Waals surface area contributed by atoms with Gasteiger partial charge >= 0.3 is 0 Å². The van der Waals surface area contributed by atoms with Crippen LogP contribution in [0.2, 0.25) is 10.0 Å². The van der Waals surface area contributed by atoms with E-state index in [0.717, 1.165) is 51.4 Å². The average molecular weight is 572 g/mol. The molecule has 7 nitrogen and oxygen atoms in total. The predicted octanol–water partition coefficient (Wildman–Crippen LogP) is 2.80. The minimum Gasteiger partial charge on any atom is -0.379 e. The molecule has 0 aliphatic carbocycles. The maximum Gasteiger partial charge on any atom is 0.243 e. The first kappa shape index (κ1) is 27.2. The smallest absolute Gasteiger partial charge is 0.243 e. The van der Waals surface area contributed by atoms with Gasteiger partial charge in [0, 0.05) is 47.3 Å². The maximum absolute atomic E-state index is 12.0. The summed E-state index contributed by atoms with van der Waals surface area (Å²) in [6.07, 6.45) is 0.987. The second-order valence-electron chi connectivity index (χ2n) is 7.27. The molecule has 0 unspecified atom stereocenters. The molecule has 0 atom stereocenters. The van der Waals surface area contributed by atoms with Crippen LogP contribution >= 0.6 is 47.2 Å². The summed E-state index contributed by atoms with van der Waals surface area (Å²) in [6.45, 7) is 6.06. The number of aliphatic imine (C=N–C) groups is 1. The quantitative estimate of drug-likeness (QED) is 0.225. The molecule has 2 rings (SSSR count). The summed E-state index contributed by atoms with van der Waals surface area (Å²) in [7, 11) is 5.40. The lowest BCUT2D eigenvalue weighted by Gasteiger charge is -2.27. The third-order valence-corrected chi connectivity index (χ3v) is 5.41. The van der Waals surface area contributed by atoms with Gasteiger partial charge in [-0.3, -0.25) is 9.69 Å². The highest BCUT2D eigenvalue weighted by atomic mass is 127. The molecule has 1 aliphatic heterocycles. The number of carbonyl (C=O) groups excluding carboxylic acids is 1. The molecule has 1 N–H and O–H groups in total. The van der Waals surface area contributed by atoms with Gasteiger partial charge in [-0.05, 0) is 30.7 Å². The van der Waals surface area contributed by atoms with E-state index in [-0.39, 0.29) is 36.4 Å². The van der Waals surface area contributed by atoms with E-state index < -0.39 is 0 Å². The number of nitrogens with one attached hydrogen (secondary N) is 1. The van der Waals surface area contributed by atoms with E-state index in [2.05, 4.69) is 15.2 Å². The van der Waals surface area contributed by atoms with E-state index in [1.54, 1.807) is 25.1 Å². The monoisotopic (exact) mass is 571 g/mol. The summed E-state index contributed by atoms with van der Waals surface area (Å²) in [5, 5.41) is 4.45. The molecule has 0 saturated carbocycles. The molecular weight excluding hydrogens is 540 g/mol. The Morgan fingerprint density at radius 2 is 1.90 bits per heavy atom. The van der Waals surface area contributed by atoms with Crippen LogP contribution in [-0.4, -0.2) is 93.6 Å². The van der Waals surface area contributed by atoms with E-state index in [1.165, 1.54) is 0 Å². The number of ether oxygens (including phenoxy) is 1. The Labute approximate surface area is 206 Å². The van der Waals surface area contributed by atoms with Gasteiger partial charge in [0.05, 0.1) is 23.3 Å². The number of hydrogen-bond donors (Lipinski definition) is 1. The SMILES string of the molecule is CN(C)C(=O)CN=C(NCCCN1CCOCC1)N(C)Cc1ccc(Cl)c(Cl)c1.I. The molecule has 1 aromatic rings. The van der Waals surface area contributed by atoms with Crippen LogP contribution in [-0.2, 0) is 16.1 Å². The second kappa shape index (κ2) is 14.3. The van der Waals surface area contributed by atoms with Gasteiger partial charge in [-0.2, -0.15) is 0 Å². The van der Waals surface area contributed by atoms with Gasteiger partial charge < -0.3 is 19.9 Å². The zero-order chi connectivity index (χ0) is 21.2. The Morgan fingerprint density at radius 3 is 2.53 bits per heavy atom. The Kier molecular flexibility index (Phi) is 13.0. The lowest BCUT2D eigenvalue weighted by Crippen LogP contribution is -2.42. The number of guanidine groups is 1. The Balaban J connectivity index is 0.00000450.